The molecular formula is C80H143NO8. The van der Waals surface area contributed by atoms with Crippen molar-refractivity contribution in [3.05, 3.63) is 97.2 Å². The number of amides is 1. The van der Waals surface area contributed by atoms with E-state index in [1.54, 1.807) is 6.08 Å². The second-order valence-electron chi connectivity index (χ2n) is 26.1. The fourth-order valence-corrected chi connectivity index (χ4v) is 11.8. The van der Waals surface area contributed by atoms with E-state index < -0.39 is 49.5 Å². The quantitative estimate of drug-likeness (QED) is 0.0261. The first-order chi connectivity index (χ1) is 43.8. The van der Waals surface area contributed by atoms with E-state index in [4.69, 9.17) is 9.47 Å². The first-order valence-corrected chi connectivity index (χ1v) is 38.0. The summed E-state index contributed by atoms with van der Waals surface area (Å²) in [6.07, 6.45) is 92.4. The van der Waals surface area contributed by atoms with Crippen molar-refractivity contribution < 1.29 is 39.8 Å². The largest absolute Gasteiger partial charge is 0.394 e. The highest BCUT2D eigenvalue weighted by atomic mass is 16.7. The van der Waals surface area contributed by atoms with E-state index in [1.165, 1.54) is 244 Å². The molecule has 1 amide bonds. The van der Waals surface area contributed by atoms with E-state index in [0.29, 0.717) is 6.42 Å². The molecule has 0 aliphatic carbocycles. The number of aliphatic hydroxyl groups is 5. The van der Waals surface area contributed by atoms with Crippen LogP contribution in [0.15, 0.2) is 97.2 Å². The second-order valence-corrected chi connectivity index (χ2v) is 26.1. The van der Waals surface area contributed by atoms with E-state index in [0.717, 1.165) is 83.5 Å². The van der Waals surface area contributed by atoms with Crippen molar-refractivity contribution in [1.82, 2.24) is 5.32 Å². The Morgan fingerprint density at radius 3 is 1.03 bits per heavy atom. The smallest absolute Gasteiger partial charge is 0.220 e. The standard InChI is InChI=1S/C80H143NO8/c1-3-5-7-9-11-13-15-17-19-21-23-25-27-29-31-32-33-34-35-36-37-38-39-40-41-42-44-46-48-50-52-54-56-58-60-62-64-66-68-70-76(84)81-73(72-88-80-79(87)78(86)77(85)75(71-82)89-80)74(83)69-67-65-63-61-59-57-55-53-51-49-47-45-43-30-28-26-24-22-20-18-16-14-12-10-8-6-4-2/h5,7,11,13,17,19,23,25,29,31,33-34,36-37,67,69,73-75,77-80,82-83,85-87H,3-4,6,8-10,12,14-16,18,20-22,24,26-28,30,32,35,38-66,68,70-72H2,1-2H3,(H,81,84)/b7-5-,13-11-,19-17-,25-23-,31-29-,34-33-,37-36-,69-67+. The molecule has 1 rings (SSSR count). The molecule has 6 N–H and O–H groups in total. The summed E-state index contributed by atoms with van der Waals surface area (Å²) in [6, 6.07) is -0.810. The van der Waals surface area contributed by atoms with Gasteiger partial charge in [-0.05, 0) is 77.0 Å². The minimum Gasteiger partial charge on any atom is -0.394 e. The van der Waals surface area contributed by atoms with E-state index in [9.17, 15) is 30.3 Å². The molecule has 0 saturated carbocycles. The summed E-state index contributed by atoms with van der Waals surface area (Å²) < 4.78 is 11.3. The van der Waals surface area contributed by atoms with Crippen molar-refractivity contribution in [2.75, 3.05) is 13.2 Å². The van der Waals surface area contributed by atoms with Crippen molar-refractivity contribution in [3.63, 3.8) is 0 Å². The first-order valence-electron chi connectivity index (χ1n) is 38.0. The Morgan fingerprint density at radius 1 is 0.393 bits per heavy atom. The number of nitrogens with one attached hydrogen (secondary N) is 1. The molecule has 7 unspecified atom stereocenters. The number of hydrogen-bond acceptors (Lipinski definition) is 8. The van der Waals surface area contributed by atoms with E-state index in [-0.39, 0.29) is 12.5 Å². The molecule has 9 nitrogen and oxygen atoms in total. The van der Waals surface area contributed by atoms with Gasteiger partial charge in [0.2, 0.25) is 5.91 Å². The molecule has 0 aromatic heterocycles. The zero-order valence-corrected chi connectivity index (χ0v) is 57.9. The van der Waals surface area contributed by atoms with Gasteiger partial charge in [0, 0.05) is 6.42 Å². The van der Waals surface area contributed by atoms with Gasteiger partial charge in [0.05, 0.1) is 25.4 Å². The highest BCUT2D eigenvalue weighted by Gasteiger charge is 2.44. The number of rotatable bonds is 66. The topological polar surface area (TPSA) is 149 Å². The Kier molecular flexibility index (Phi) is 64.3. The minimum atomic E-state index is -1.57. The second kappa shape index (κ2) is 68.0. The Morgan fingerprint density at radius 2 is 0.697 bits per heavy atom. The zero-order chi connectivity index (χ0) is 64.2. The van der Waals surface area contributed by atoms with Gasteiger partial charge < -0.3 is 40.3 Å². The van der Waals surface area contributed by atoms with Crippen LogP contribution in [-0.2, 0) is 14.3 Å². The SMILES string of the molecule is CC/C=C\C/C=C\C/C=C\C/C=C\C/C=C\C/C=C\C/C=C\CCCCCCCCCCCCCCCCCCCC(=O)NC(COC1OC(CO)C(O)C(O)C1O)C(O)/C=C/CCCCCCCCCCCCCCCCCCCCCCCCCCC. The molecule has 1 fully saturated rings. The summed E-state index contributed by atoms with van der Waals surface area (Å²) in [5.41, 5.74) is 0. The fourth-order valence-electron chi connectivity index (χ4n) is 11.8. The lowest BCUT2D eigenvalue weighted by atomic mass is 9.99. The van der Waals surface area contributed by atoms with Crippen LogP contribution >= 0.6 is 0 Å². The number of carbonyl (C=O) groups excluding carboxylic acids is 1. The first kappa shape index (κ1) is 84.1. The van der Waals surface area contributed by atoms with E-state index in [2.05, 4.69) is 104 Å². The van der Waals surface area contributed by atoms with E-state index in [1.807, 2.05) is 6.08 Å². The summed E-state index contributed by atoms with van der Waals surface area (Å²) in [5, 5.41) is 54.9. The predicted octanol–water partition coefficient (Wildman–Crippen LogP) is 21.4. The van der Waals surface area contributed by atoms with Crippen LogP contribution in [0.2, 0.25) is 0 Å². The molecule has 1 heterocycles. The summed E-state index contributed by atoms with van der Waals surface area (Å²) in [7, 11) is 0. The monoisotopic (exact) mass is 1250 g/mol. The molecule has 89 heavy (non-hydrogen) atoms. The molecule has 9 heteroatoms. The Labute approximate surface area is 549 Å². The van der Waals surface area contributed by atoms with Crippen LogP contribution < -0.4 is 5.32 Å². The number of hydrogen-bond donors (Lipinski definition) is 6. The van der Waals surface area contributed by atoms with Crippen LogP contribution in [0.5, 0.6) is 0 Å². The van der Waals surface area contributed by atoms with Gasteiger partial charge in [-0.2, -0.15) is 0 Å². The van der Waals surface area contributed by atoms with Crippen molar-refractivity contribution in [1.29, 1.82) is 0 Å². The molecule has 7 atom stereocenters. The summed E-state index contributed by atoms with van der Waals surface area (Å²) in [4.78, 5) is 13.2. The van der Waals surface area contributed by atoms with Gasteiger partial charge in [-0.3, -0.25) is 4.79 Å². The highest BCUT2D eigenvalue weighted by molar-refractivity contribution is 5.76. The van der Waals surface area contributed by atoms with Gasteiger partial charge in [0.15, 0.2) is 6.29 Å². The van der Waals surface area contributed by atoms with Crippen LogP contribution in [0, 0.1) is 0 Å². The van der Waals surface area contributed by atoms with Gasteiger partial charge >= 0.3 is 0 Å². The molecule has 0 spiro atoms. The van der Waals surface area contributed by atoms with Crippen LogP contribution in [0.3, 0.4) is 0 Å². The average Bonchev–Trinajstić information content (AvgIpc) is 2.42. The third-order valence-corrected chi connectivity index (χ3v) is 17.7. The molecule has 1 aliphatic heterocycles. The average molecular weight is 1250 g/mol. The number of unbranched alkanes of at least 4 members (excludes halogenated alkanes) is 42. The predicted molar refractivity (Wildman–Crippen MR) is 382 cm³/mol. The molecular weight excluding hydrogens is 1100 g/mol. The van der Waals surface area contributed by atoms with Crippen molar-refractivity contribution in [2.24, 2.45) is 0 Å². The van der Waals surface area contributed by atoms with E-state index >= 15 is 0 Å². The Hall–Kier alpha value is -2.89. The molecule has 0 bridgehead atoms. The number of allylic oxidation sites excluding steroid dienone is 15. The number of aliphatic hydroxyl groups excluding tert-OH is 5. The normalized spacial score (nSPS) is 18.4. The van der Waals surface area contributed by atoms with Gasteiger partial charge in [0.25, 0.3) is 0 Å². The molecule has 0 aromatic rings. The lowest BCUT2D eigenvalue weighted by molar-refractivity contribution is -0.302. The molecule has 0 radical (unpaired) electrons. The Bertz CT molecular complexity index is 1730. The summed E-state index contributed by atoms with van der Waals surface area (Å²) in [5.74, 6) is -0.174. The van der Waals surface area contributed by atoms with Crippen molar-refractivity contribution in [3.8, 4) is 0 Å². The third-order valence-electron chi connectivity index (χ3n) is 17.7. The van der Waals surface area contributed by atoms with Gasteiger partial charge in [0.1, 0.15) is 24.4 Å². The summed E-state index contributed by atoms with van der Waals surface area (Å²) >= 11 is 0. The fraction of sp³-hybridized carbons (Fsp3) is 0.787. The molecule has 0 aromatic carbocycles. The Balaban J connectivity index is 2.09. The van der Waals surface area contributed by atoms with Gasteiger partial charge in [-0.1, -0.05) is 361 Å². The molecule has 1 aliphatic rings. The minimum absolute atomic E-state index is 0.174. The van der Waals surface area contributed by atoms with Crippen LogP contribution in [0.1, 0.15) is 348 Å². The highest BCUT2D eigenvalue weighted by Crippen LogP contribution is 2.23. The zero-order valence-electron chi connectivity index (χ0n) is 57.9. The van der Waals surface area contributed by atoms with Gasteiger partial charge in [-0.25, -0.2) is 0 Å². The van der Waals surface area contributed by atoms with Crippen LogP contribution in [-0.4, -0.2) is 87.5 Å². The van der Waals surface area contributed by atoms with Gasteiger partial charge in [-0.15, -0.1) is 0 Å². The van der Waals surface area contributed by atoms with Crippen molar-refractivity contribution >= 4 is 5.91 Å². The molecule has 516 valence electrons. The number of carbonyl (C=O) groups is 1. The maximum Gasteiger partial charge on any atom is 0.220 e. The lowest BCUT2D eigenvalue weighted by Gasteiger charge is -2.40. The maximum atomic E-state index is 13.2. The van der Waals surface area contributed by atoms with Crippen LogP contribution in [0.4, 0.5) is 0 Å². The van der Waals surface area contributed by atoms with Crippen LogP contribution in [0.25, 0.3) is 0 Å². The third kappa shape index (κ3) is 56.4. The maximum absolute atomic E-state index is 13.2. The summed E-state index contributed by atoms with van der Waals surface area (Å²) in [6.45, 7) is 3.71. The number of ether oxygens (including phenoxy) is 2. The van der Waals surface area contributed by atoms with Crippen molar-refractivity contribution in [2.45, 2.75) is 391 Å². The lowest BCUT2D eigenvalue weighted by Crippen LogP contribution is -2.60. The molecule has 1 saturated heterocycles.